The number of terminal acetylenes is 1. The van der Waals surface area contributed by atoms with Crippen molar-refractivity contribution in [3.63, 3.8) is 0 Å². The van der Waals surface area contributed by atoms with Gasteiger partial charge in [0.2, 0.25) is 6.19 Å². The van der Waals surface area contributed by atoms with Gasteiger partial charge in [-0.15, -0.1) is 11.4 Å². The Morgan fingerprint density at radius 1 is 1.62 bits per heavy atom. The topological polar surface area (TPSA) is 53.5 Å². The number of amidine groups is 1. The van der Waals surface area contributed by atoms with Crippen molar-refractivity contribution >= 4 is 5.84 Å². The first kappa shape index (κ1) is 11.7. The highest BCUT2D eigenvalue weighted by atomic mass is 15.2. The van der Waals surface area contributed by atoms with Gasteiger partial charge in [0.1, 0.15) is 0 Å². The maximum atomic E-state index is 8.45. The van der Waals surface area contributed by atoms with Crippen LogP contribution in [0.25, 0.3) is 0 Å². The summed E-state index contributed by atoms with van der Waals surface area (Å²) in [6, 6.07) is 3.99. The molecule has 1 rings (SSSR count). The summed E-state index contributed by atoms with van der Waals surface area (Å²) >= 11 is 0. The molecule has 4 nitrogen and oxygen atoms in total. The fraction of sp³-hybridized carbons (Fsp3) is 0.250. The molecule has 80 valence electrons. The van der Waals surface area contributed by atoms with E-state index in [1.807, 2.05) is 25.3 Å². The van der Waals surface area contributed by atoms with Gasteiger partial charge in [0.15, 0.2) is 17.7 Å². The number of aromatic nitrogens is 1. The quantitative estimate of drug-likeness (QED) is 0.315. The Morgan fingerprint density at radius 2 is 2.38 bits per heavy atom. The van der Waals surface area contributed by atoms with Crippen molar-refractivity contribution < 1.29 is 4.98 Å². The third-order valence-corrected chi connectivity index (χ3v) is 2.10. The molecule has 1 aromatic heterocycles. The third-order valence-electron chi connectivity index (χ3n) is 2.10. The first-order valence-electron chi connectivity index (χ1n) is 4.79. The highest BCUT2D eigenvalue weighted by Gasteiger charge is 2.06. The maximum absolute atomic E-state index is 8.45. The van der Waals surface area contributed by atoms with E-state index >= 15 is 0 Å². The third kappa shape index (κ3) is 3.11. The average molecular weight is 213 g/mol. The molecule has 0 bridgehead atoms. The monoisotopic (exact) mass is 213 g/mol. The second-order valence-electron chi connectivity index (χ2n) is 3.42. The molecule has 0 aliphatic heterocycles. The zero-order valence-corrected chi connectivity index (χ0v) is 9.36. The predicted octanol–water partition coefficient (Wildman–Crippen LogP) is 0.754. The molecule has 0 aromatic carbocycles. The van der Waals surface area contributed by atoms with Gasteiger partial charge in [-0.25, -0.2) is 4.98 Å². The summed E-state index contributed by atoms with van der Waals surface area (Å²) in [6.07, 6.45) is 8.86. The standard InChI is InChI=1S/C12H12N4/c1-4-12(15-9-13)16(3)8-11-6-5-10(2)14-7-11/h1,5-7H,8H2,2-3H3/p+1. The first-order chi connectivity index (χ1) is 7.67. The van der Waals surface area contributed by atoms with E-state index in [0.29, 0.717) is 12.4 Å². The molecule has 4 heteroatoms. The molecule has 0 aliphatic rings. The minimum absolute atomic E-state index is 0.336. The summed E-state index contributed by atoms with van der Waals surface area (Å²) in [4.78, 5) is 8.42. The van der Waals surface area contributed by atoms with E-state index in [4.69, 9.17) is 11.7 Å². The molecule has 0 aliphatic carbocycles. The van der Waals surface area contributed by atoms with Crippen LogP contribution >= 0.6 is 0 Å². The fourth-order valence-corrected chi connectivity index (χ4v) is 1.26. The smallest absolute Gasteiger partial charge is 0.208 e. The van der Waals surface area contributed by atoms with Crippen LogP contribution in [-0.2, 0) is 6.54 Å². The molecule has 0 amide bonds. The molecule has 0 fully saturated rings. The van der Waals surface area contributed by atoms with Crippen LogP contribution in [0.1, 0.15) is 11.3 Å². The largest absolute Gasteiger partial charge is 0.347 e. The van der Waals surface area contributed by atoms with Crippen LogP contribution in [0.4, 0.5) is 0 Å². The Balaban J connectivity index is 2.76. The highest BCUT2D eigenvalue weighted by Crippen LogP contribution is 2.01. The van der Waals surface area contributed by atoms with Crippen LogP contribution in [-0.4, -0.2) is 17.8 Å². The minimum atomic E-state index is 0.336. The Bertz CT molecular complexity index is 459. The predicted molar refractivity (Wildman–Crippen MR) is 61.1 cm³/mol. The van der Waals surface area contributed by atoms with Crippen LogP contribution < -0.4 is 4.98 Å². The molecule has 0 spiro atoms. The molecular weight excluding hydrogens is 200 g/mol. The van der Waals surface area contributed by atoms with Crippen molar-refractivity contribution in [3.8, 4) is 18.5 Å². The fourth-order valence-electron chi connectivity index (χ4n) is 1.26. The SMILES string of the molecule is C#CC(=NC#N)N(C)Cc1ccc(C)[nH+]c1. The van der Waals surface area contributed by atoms with Crippen molar-refractivity contribution in [2.45, 2.75) is 13.5 Å². The van der Waals surface area contributed by atoms with Crippen LogP contribution in [0.15, 0.2) is 23.3 Å². The van der Waals surface area contributed by atoms with Crippen LogP contribution in [0.5, 0.6) is 0 Å². The number of nitrogens with zero attached hydrogens (tertiary/aromatic N) is 3. The summed E-state index contributed by atoms with van der Waals surface area (Å²) < 4.78 is 0. The van der Waals surface area contributed by atoms with E-state index in [0.717, 1.165) is 11.3 Å². The van der Waals surface area contributed by atoms with Gasteiger partial charge < -0.3 is 4.90 Å². The number of hydrogen-bond acceptors (Lipinski definition) is 2. The number of hydrogen-bond donors (Lipinski definition) is 0. The minimum Gasteiger partial charge on any atom is -0.347 e. The molecular formula is C12H13N4+. The molecule has 1 heterocycles. The molecule has 16 heavy (non-hydrogen) atoms. The van der Waals surface area contributed by atoms with Gasteiger partial charge in [-0.3, -0.25) is 0 Å². The summed E-state index contributed by atoms with van der Waals surface area (Å²) in [5, 5.41) is 8.45. The maximum Gasteiger partial charge on any atom is 0.208 e. The zero-order valence-electron chi connectivity index (χ0n) is 9.36. The molecule has 1 N–H and O–H groups in total. The highest BCUT2D eigenvalue weighted by molar-refractivity contribution is 5.98. The van der Waals surface area contributed by atoms with Gasteiger partial charge in [-0.1, -0.05) is 0 Å². The van der Waals surface area contributed by atoms with Crippen molar-refractivity contribution in [1.29, 1.82) is 5.26 Å². The van der Waals surface area contributed by atoms with Gasteiger partial charge in [-0.2, -0.15) is 5.26 Å². The molecule has 1 aromatic rings. The molecule has 0 unspecified atom stereocenters. The molecule has 0 atom stereocenters. The summed E-state index contributed by atoms with van der Waals surface area (Å²) in [7, 11) is 1.80. The summed E-state index contributed by atoms with van der Waals surface area (Å²) in [6.45, 7) is 2.60. The van der Waals surface area contributed by atoms with Crippen molar-refractivity contribution in [1.82, 2.24) is 4.90 Å². The Morgan fingerprint density at radius 3 is 2.88 bits per heavy atom. The number of aliphatic imine (C=N–C) groups is 1. The van der Waals surface area contributed by atoms with Crippen molar-refractivity contribution in [2.24, 2.45) is 4.99 Å². The second kappa shape index (κ2) is 5.53. The van der Waals surface area contributed by atoms with E-state index in [2.05, 4.69) is 15.9 Å². The number of nitrogens with one attached hydrogen (secondary N) is 1. The van der Waals surface area contributed by atoms with E-state index in [1.54, 1.807) is 18.1 Å². The number of rotatable bonds is 2. The zero-order chi connectivity index (χ0) is 12.0. The van der Waals surface area contributed by atoms with Gasteiger partial charge >= 0.3 is 0 Å². The number of H-pyrrole nitrogens is 1. The Hall–Kier alpha value is -2.33. The van der Waals surface area contributed by atoms with Crippen LogP contribution in [0.2, 0.25) is 0 Å². The lowest BCUT2D eigenvalue weighted by molar-refractivity contribution is -0.388. The molecule has 0 saturated heterocycles. The number of aromatic amines is 1. The van der Waals surface area contributed by atoms with Gasteiger partial charge in [0.05, 0.1) is 6.54 Å². The lowest BCUT2D eigenvalue weighted by atomic mass is 10.2. The van der Waals surface area contributed by atoms with E-state index in [9.17, 15) is 0 Å². The van der Waals surface area contributed by atoms with Gasteiger partial charge in [-0.05, 0) is 12.0 Å². The average Bonchev–Trinajstić information content (AvgIpc) is 2.29. The van der Waals surface area contributed by atoms with E-state index in [1.165, 1.54) is 0 Å². The Kier molecular flexibility index (Phi) is 4.06. The molecule has 0 radical (unpaired) electrons. The summed E-state index contributed by atoms with van der Waals surface area (Å²) in [5.74, 6) is 2.71. The molecule has 0 saturated carbocycles. The number of nitriles is 1. The lowest BCUT2D eigenvalue weighted by Gasteiger charge is -2.15. The van der Waals surface area contributed by atoms with Crippen LogP contribution in [0.3, 0.4) is 0 Å². The second-order valence-corrected chi connectivity index (χ2v) is 3.42. The Labute approximate surface area is 95.3 Å². The number of pyridine rings is 1. The van der Waals surface area contributed by atoms with Gasteiger partial charge in [0, 0.05) is 25.6 Å². The van der Waals surface area contributed by atoms with Crippen molar-refractivity contribution in [3.05, 3.63) is 29.6 Å². The lowest BCUT2D eigenvalue weighted by Crippen LogP contribution is -2.25. The van der Waals surface area contributed by atoms with E-state index in [-0.39, 0.29) is 0 Å². The number of aryl methyl sites for hydroxylation is 1. The van der Waals surface area contributed by atoms with E-state index < -0.39 is 0 Å². The van der Waals surface area contributed by atoms with Crippen LogP contribution in [0, 0.1) is 30.7 Å². The summed E-state index contributed by atoms with van der Waals surface area (Å²) in [5.41, 5.74) is 2.17. The first-order valence-corrected chi connectivity index (χ1v) is 4.79. The van der Waals surface area contributed by atoms with Crippen molar-refractivity contribution in [2.75, 3.05) is 7.05 Å². The van der Waals surface area contributed by atoms with Gasteiger partial charge in [0.25, 0.3) is 0 Å². The normalized spacial score (nSPS) is 10.4.